The Balaban J connectivity index is 1.59. The number of aliphatic carboxylic acids is 1. The van der Waals surface area contributed by atoms with Crippen LogP contribution in [0.2, 0.25) is 0 Å². The SMILES string of the molecule is CC(C)(O)C#CC1=CN(c2cc(S(=O)(=O)O)ccc2S(=O)(=O)O)C2=N/C(=C\C=C\C3=Nc4c(cc(C#CC(C)(C)O)c[n+]4CCCCCC(=O)O)C3(C)C)C(C)(C)C2=C1. The molecule has 3 aliphatic rings. The average molecular weight is 846 g/mol. The van der Waals surface area contributed by atoms with Crippen LogP contribution in [0.25, 0.3) is 0 Å². The molecule has 16 heteroatoms. The van der Waals surface area contributed by atoms with Gasteiger partial charge in [-0.05, 0) is 108 Å². The van der Waals surface area contributed by atoms with Crippen molar-refractivity contribution in [3.05, 3.63) is 88.9 Å². The van der Waals surface area contributed by atoms with Crippen LogP contribution in [0, 0.1) is 29.1 Å². The Morgan fingerprint density at radius 3 is 2.17 bits per heavy atom. The molecule has 1 aromatic heterocycles. The highest BCUT2D eigenvalue weighted by atomic mass is 32.2. The van der Waals surface area contributed by atoms with Crippen molar-refractivity contribution in [2.24, 2.45) is 15.4 Å². The number of carboxylic acids is 1. The van der Waals surface area contributed by atoms with Crippen molar-refractivity contribution in [2.45, 2.75) is 114 Å². The smallest absolute Gasteiger partial charge is 0.327 e. The van der Waals surface area contributed by atoms with E-state index in [9.17, 15) is 40.9 Å². The summed E-state index contributed by atoms with van der Waals surface area (Å²) >= 11 is 0. The molecule has 14 nitrogen and oxygen atoms in total. The van der Waals surface area contributed by atoms with E-state index in [1.807, 2.05) is 50.6 Å². The molecule has 0 amide bonds. The Morgan fingerprint density at radius 2 is 1.56 bits per heavy atom. The molecule has 0 saturated carbocycles. The number of rotatable bonds is 11. The molecule has 0 spiro atoms. The van der Waals surface area contributed by atoms with E-state index in [1.165, 1.54) is 24.9 Å². The molecular formula is C43H49N4O10S2+. The van der Waals surface area contributed by atoms with Gasteiger partial charge in [-0.2, -0.15) is 16.8 Å². The first-order valence-corrected chi connectivity index (χ1v) is 21.7. The third kappa shape index (κ3) is 10.5. The lowest BCUT2D eigenvalue weighted by molar-refractivity contribution is -0.685. The van der Waals surface area contributed by atoms with E-state index in [-0.39, 0.29) is 17.9 Å². The topological polar surface area (TPSA) is 218 Å². The summed E-state index contributed by atoms with van der Waals surface area (Å²) in [5.74, 6) is 11.7. The highest BCUT2D eigenvalue weighted by molar-refractivity contribution is 7.86. The number of unbranched alkanes of at least 4 members (excludes halogenated alkanes) is 2. The van der Waals surface area contributed by atoms with Crippen LogP contribution >= 0.6 is 0 Å². The molecule has 2 aromatic rings. The molecule has 5 N–H and O–H groups in total. The third-order valence-electron chi connectivity index (χ3n) is 9.81. The van der Waals surface area contributed by atoms with Gasteiger partial charge in [0.1, 0.15) is 28.1 Å². The molecule has 5 rings (SSSR count). The molecule has 0 saturated heterocycles. The number of pyridine rings is 1. The van der Waals surface area contributed by atoms with Gasteiger partial charge in [-0.25, -0.2) is 9.56 Å². The van der Waals surface area contributed by atoms with Crippen LogP contribution in [0.5, 0.6) is 0 Å². The summed E-state index contributed by atoms with van der Waals surface area (Å²) in [4.78, 5) is 21.0. The van der Waals surface area contributed by atoms with Crippen LogP contribution in [-0.2, 0) is 37.0 Å². The molecule has 59 heavy (non-hydrogen) atoms. The van der Waals surface area contributed by atoms with Crippen molar-refractivity contribution in [2.75, 3.05) is 4.90 Å². The lowest BCUT2D eigenvalue weighted by Crippen LogP contribution is -2.35. The molecule has 0 bridgehead atoms. The minimum Gasteiger partial charge on any atom is -0.481 e. The fraction of sp³-hybridized carbons (Fsp3) is 0.395. The highest BCUT2D eigenvalue weighted by Gasteiger charge is 2.44. The zero-order valence-electron chi connectivity index (χ0n) is 34.2. The van der Waals surface area contributed by atoms with E-state index >= 15 is 0 Å². The van der Waals surface area contributed by atoms with Crippen molar-refractivity contribution < 1.29 is 50.6 Å². The number of aliphatic hydroxyl groups is 2. The zero-order valence-corrected chi connectivity index (χ0v) is 35.8. The van der Waals surface area contributed by atoms with Gasteiger partial charge in [0.2, 0.25) is 0 Å². The number of amidine groups is 1. The summed E-state index contributed by atoms with van der Waals surface area (Å²) < 4.78 is 71.6. The molecule has 1 aromatic carbocycles. The van der Waals surface area contributed by atoms with E-state index in [0.717, 1.165) is 35.3 Å². The standard InChI is InChI=1S/C43H48N4O10S2/c1-40(2,50)20-18-28-23-31-38(46(26-28)22-11-9-10-15-37(48)49)44-35(42(31,5)6)13-12-14-36-43(7,8)32-24-29(19-21-41(3,4)51)27-47(39(32)45-36)33-25-30(58(52,53)54)16-17-34(33)59(55,56)57/h12-14,16-17,23-27,50-51H,9-11,15,22H2,1-8H3,(H2-,48,49,52,53,54,55,56,57)/p+1. The van der Waals surface area contributed by atoms with Crippen molar-refractivity contribution in [1.82, 2.24) is 0 Å². The van der Waals surface area contributed by atoms with E-state index < -0.39 is 58.0 Å². The van der Waals surface area contributed by atoms with Crippen LogP contribution in [0.3, 0.4) is 0 Å². The Hall–Kier alpha value is -5.20. The van der Waals surface area contributed by atoms with Crippen molar-refractivity contribution in [3.63, 3.8) is 0 Å². The van der Waals surface area contributed by atoms with E-state index in [4.69, 9.17) is 15.1 Å². The molecule has 4 heterocycles. The number of hydrogen-bond donors (Lipinski definition) is 5. The van der Waals surface area contributed by atoms with Gasteiger partial charge in [0.15, 0.2) is 5.71 Å². The Kier molecular flexibility index (Phi) is 12.3. The van der Waals surface area contributed by atoms with Gasteiger partial charge in [0, 0.05) is 29.2 Å². The van der Waals surface area contributed by atoms with Crippen molar-refractivity contribution in [3.8, 4) is 23.7 Å². The first-order valence-electron chi connectivity index (χ1n) is 18.8. The molecule has 0 radical (unpaired) electrons. The maximum atomic E-state index is 12.6. The van der Waals surface area contributed by atoms with Crippen LogP contribution in [-0.4, -0.2) is 70.0 Å². The van der Waals surface area contributed by atoms with Gasteiger partial charge in [-0.15, -0.1) is 0 Å². The monoisotopic (exact) mass is 845 g/mol. The van der Waals surface area contributed by atoms with E-state index in [0.29, 0.717) is 48.2 Å². The Morgan fingerprint density at radius 1 is 0.898 bits per heavy atom. The fourth-order valence-electron chi connectivity index (χ4n) is 6.63. The number of aliphatic imine (C=N–C) groups is 2. The van der Waals surface area contributed by atoms with Crippen LogP contribution in [0.4, 0.5) is 11.5 Å². The maximum Gasteiger partial charge on any atom is 0.327 e. The summed E-state index contributed by atoms with van der Waals surface area (Å²) in [7, 11) is -9.74. The predicted octanol–water partition coefficient (Wildman–Crippen LogP) is 5.58. The second kappa shape index (κ2) is 16.1. The first kappa shape index (κ1) is 44.9. The van der Waals surface area contributed by atoms with Gasteiger partial charge in [-0.1, -0.05) is 43.6 Å². The Bertz CT molecular complexity index is 2650. The van der Waals surface area contributed by atoms with Crippen LogP contribution < -0.4 is 9.47 Å². The second-order valence-corrected chi connectivity index (χ2v) is 19.5. The minimum absolute atomic E-state index is 0.0911. The number of nitrogens with zero attached hydrogens (tertiary/aromatic N) is 4. The highest BCUT2D eigenvalue weighted by Crippen LogP contribution is 2.47. The molecule has 0 unspecified atom stereocenters. The molecule has 0 atom stereocenters. The summed E-state index contributed by atoms with van der Waals surface area (Å²) in [6.45, 7) is 14.6. The number of carboxylic acid groups (broad SMARTS) is 1. The van der Waals surface area contributed by atoms with Crippen molar-refractivity contribution >= 4 is 49.3 Å². The predicted molar refractivity (Wildman–Crippen MR) is 223 cm³/mol. The molecule has 312 valence electrons. The Labute approximate surface area is 345 Å². The number of aromatic nitrogens is 1. The lowest BCUT2D eigenvalue weighted by atomic mass is 9.80. The van der Waals surface area contributed by atoms with E-state index in [2.05, 4.69) is 23.7 Å². The summed E-state index contributed by atoms with van der Waals surface area (Å²) in [6, 6.07) is 4.60. The fourth-order valence-corrected chi connectivity index (χ4v) is 7.79. The minimum atomic E-state index is -4.93. The van der Waals surface area contributed by atoms with Gasteiger partial charge in [0.05, 0.1) is 39.4 Å². The summed E-state index contributed by atoms with van der Waals surface area (Å²) in [5, 5.41) is 29.7. The largest absolute Gasteiger partial charge is 0.481 e. The summed E-state index contributed by atoms with van der Waals surface area (Å²) in [6.07, 6.45) is 12.5. The van der Waals surface area contributed by atoms with Gasteiger partial charge >= 0.3 is 11.8 Å². The average Bonchev–Trinajstić information content (AvgIpc) is 3.51. The lowest BCUT2D eigenvalue weighted by Gasteiger charge is -2.30. The maximum absolute atomic E-state index is 12.6. The number of aryl methyl sites for hydroxylation is 1. The van der Waals surface area contributed by atoms with Gasteiger partial charge in [0.25, 0.3) is 20.2 Å². The number of benzene rings is 1. The zero-order chi connectivity index (χ0) is 43.9. The van der Waals surface area contributed by atoms with Gasteiger partial charge < -0.3 is 15.3 Å². The number of allylic oxidation sites excluding steroid dienone is 6. The second-order valence-electron chi connectivity index (χ2n) is 16.7. The number of fused-ring (bicyclic) bond motifs is 2. The molecule has 0 aliphatic carbocycles. The van der Waals surface area contributed by atoms with Crippen LogP contribution in [0.1, 0.15) is 92.2 Å². The number of hydrogen-bond acceptors (Lipinski definition) is 10. The normalized spacial score (nSPS) is 17.9. The third-order valence-corrected chi connectivity index (χ3v) is 11.6. The van der Waals surface area contributed by atoms with Crippen LogP contribution in [0.15, 0.2) is 97.6 Å². The van der Waals surface area contributed by atoms with E-state index in [1.54, 1.807) is 32.1 Å². The number of carbonyl (C=O) groups is 1. The van der Waals surface area contributed by atoms with Crippen molar-refractivity contribution in [1.29, 1.82) is 0 Å². The quantitative estimate of drug-likeness (QED) is 0.0814. The van der Waals surface area contributed by atoms with Gasteiger partial charge in [-0.3, -0.25) is 18.8 Å². The molecule has 0 fully saturated rings. The first-order chi connectivity index (χ1) is 27.1. The molecular weight excluding hydrogens is 797 g/mol. The number of anilines is 1. The molecule has 3 aliphatic heterocycles. The summed E-state index contributed by atoms with van der Waals surface area (Å²) in [5.41, 5.74) is -0.623.